The third-order valence-corrected chi connectivity index (χ3v) is 9.88. The van der Waals surface area contributed by atoms with Gasteiger partial charge < -0.3 is 33.7 Å². The number of halogens is 1. The van der Waals surface area contributed by atoms with Crippen molar-refractivity contribution in [1.82, 2.24) is 24.8 Å². The maximum Gasteiger partial charge on any atom is 0.350 e. The molecule has 57 heavy (non-hydrogen) atoms. The molecule has 1 saturated heterocycles. The molecule has 7 rings (SSSR count). The Bertz CT molecular complexity index is 2340. The third kappa shape index (κ3) is 8.11. The van der Waals surface area contributed by atoms with Crippen LogP contribution in [0.4, 0.5) is 10.1 Å². The molecular formula is C42H45FN6O8. The molecule has 0 spiro atoms. The summed E-state index contributed by atoms with van der Waals surface area (Å²) in [6, 6.07) is 23.3. The monoisotopic (exact) mass is 780 g/mol. The van der Waals surface area contributed by atoms with Crippen LogP contribution in [0.15, 0.2) is 78.9 Å². The minimum atomic E-state index is -2.10. The van der Waals surface area contributed by atoms with Crippen LogP contribution in [0.3, 0.4) is 0 Å². The highest BCUT2D eigenvalue weighted by Crippen LogP contribution is 2.33. The maximum absolute atomic E-state index is 15.5. The lowest BCUT2D eigenvalue weighted by atomic mass is 9.94. The van der Waals surface area contributed by atoms with Crippen molar-refractivity contribution in [3.8, 4) is 17.2 Å². The quantitative estimate of drug-likeness (QED) is 0.0808. The summed E-state index contributed by atoms with van der Waals surface area (Å²) >= 11 is 0. The van der Waals surface area contributed by atoms with Gasteiger partial charge in [-0.2, -0.15) is 5.10 Å². The van der Waals surface area contributed by atoms with Crippen LogP contribution in [0.2, 0.25) is 0 Å². The van der Waals surface area contributed by atoms with E-state index < -0.39 is 23.4 Å². The predicted octanol–water partition coefficient (Wildman–Crippen LogP) is 6.86. The fourth-order valence-corrected chi connectivity index (χ4v) is 7.00. The Hall–Kier alpha value is -6.06. The van der Waals surface area contributed by atoms with Crippen LogP contribution in [0.1, 0.15) is 56.2 Å². The van der Waals surface area contributed by atoms with Gasteiger partial charge in [-0.3, -0.25) is 0 Å². The van der Waals surface area contributed by atoms with E-state index in [1.54, 1.807) is 61.7 Å². The lowest BCUT2D eigenvalue weighted by Crippen LogP contribution is -2.53. The Morgan fingerprint density at radius 1 is 0.930 bits per heavy atom. The van der Waals surface area contributed by atoms with E-state index in [1.807, 2.05) is 48.5 Å². The van der Waals surface area contributed by atoms with Crippen LogP contribution in [0.5, 0.6) is 11.5 Å². The van der Waals surface area contributed by atoms with Crippen molar-refractivity contribution in [2.75, 3.05) is 39.4 Å². The number of fused-ring (bicyclic) bond motifs is 2. The lowest BCUT2D eigenvalue weighted by molar-refractivity contribution is -0.192. The predicted molar refractivity (Wildman–Crippen MR) is 209 cm³/mol. The first-order valence-electron chi connectivity index (χ1n) is 18.9. The second-order valence-corrected chi connectivity index (χ2v) is 13.5. The molecule has 14 nitrogen and oxygen atoms in total. The molecule has 1 aliphatic rings. The number of nitrogens with zero attached hydrogens (tertiary/aromatic N) is 5. The number of hydrogen-bond acceptors (Lipinski definition) is 12. The van der Waals surface area contributed by atoms with Crippen LogP contribution in [-0.4, -0.2) is 76.4 Å². The van der Waals surface area contributed by atoms with Gasteiger partial charge in [0.05, 0.1) is 56.5 Å². The van der Waals surface area contributed by atoms with Gasteiger partial charge >= 0.3 is 11.9 Å². The highest BCUT2D eigenvalue weighted by Gasteiger charge is 2.51. The number of benzene rings is 4. The molecule has 1 aliphatic heterocycles. The van der Waals surface area contributed by atoms with Crippen molar-refractivity contribution >= 4 is 39.6 Å². The number of esters is 2. The molecule has 0 amide bonds. The van der Waals surface area contributed by atoms with E-state index in [0.29, 0.717) is 63.7 Å². The fourth-order valence-electron chi connectivity index (χ4n) is 7.00. The zero-order valence-corrected chi connectivity index (χ0v) is 32.3. The van der Waals surface area contributed by atoms with Gasteiger partial charge in [0.1, 0.15) is 17.0 Å². The number of ether oxygens (including phenoxy) is 6. The zero-order valence-electron chi connectivity index (χ0n) is 32.3. The second-order valence-electron chi connectivity index (χ2n) is 13.5. The Labute approximate surface area is 328 Å². The molecule has 3 heterocycles. The Morgan fingerprint density at radius 2 is 1.72 bits per heavy atom. The van der Waals surface area contributed by atoms with Crippen molar-refractivity contribution in [2.45, 2.75) is 64.5 Å². The zero-order chi connectivity index (χ0) is 39.9. The Kier molecular flexibility index (Phi) is 12.0. The number of rotatable bonds is 16. The van der Waals surface area contributed by atoms with Crippen LogP contribution in [0, 0.1) is 5.82 Å². The molecule has 0 bridgehead atoms. The summed E-state index contributed by atoms with van der Waals surface area (Å²) in [6.07, 6.45) is 2.09. The molecule has 1 N–H and O–H groups in total. The van der Waals surface area contributed by atoms with Crippen molar-refractivity contribution in [2.24, 2.45) is 0 Å². The molecular weight excluding hydrogens is 735 g/mol. The van der Waals surface area contributed by atoms with Crippen molar-refractivity contribution in [3.05, 3.63) is 102 Å². The van der Waals surface area contributed by atoms with Gasteiger partial charge in [-0.1, -0.05) is 35.5 Å². The molecule has 298 valence electrons. The van der Waals surface area contributed by atoms with Gasteiger partial charge in [0.15, 0.2) is 12.0 Å². The van der Waals surface area contributed by atoms with E-state index in [4.69, 9.17) is 33.5 Å². The molecule has 1 fully saturated rings. The van der Waals surface area contributed by atoms with Crippen LogP contribution in [-0.2, 0) is 48.1 Å². The number of methoxy groups -OCH3 is 2. The molecule has 2 aromatic heterocycles. The van der Waals surface area contributed by atoms with Crippen molar-refractivity contribution in [1.29, 1.82) is 0 Å². The summed E-state index contributed by atoms with van der Waals surface area (Å²) in [6.45, 7) is 4.09. The van der Waals surface area contributed by atoms with E-state index in [0.717, 1.165) is 24.8 Å². The summed E-state index contributed by atoms with van der Waals surface area (Å²) in [5, 5.41) is 17.5. The number of hydrogen-bond donors (Lipinski definition) is 1. The molecule has 1 atom stereocenters. The van der Waals surface area contributed by atoms with Crippen LogP contribution in [0.25, 0.3) is 27.6 Å². The summed E-state index contributed by atoms with van der Waals surface area (Å²) < 4.78 is 53.1. The standard InChI is InChI=1S/C42H45FN6O8/c1-5-54-40(50)42(41(51)55-6-2,24-27-12-8-7-9-13-27)57-26-34-32-18-16-30(22-35(32)49(46-34)38-14-10-11-19-56-38)48-36-21-29(20-33(43)39(36)45-47-48)44-25-28-15-17-31(52-3)23-37(28)53-4/h7-9,12-13,15-18,20-23,38,44H,5-6,10-11,14,19,24-26H2,1-4H3. The first-order chi connectivity index (χ1) is 27.8. The van der Waals surface area contributed by atoms with Gasteiger partial charge in [-0.15, -0.1) is 5.10 Å². The number of carbonyl (C=O) groups is 2. The molecule has 15 heteroatoms. The average Bonchev–Trinajstić information content (AvgIpc) is 3.84. The summed E-state index contributed by atoms with van der Waals surface area (Å²) in [5.41, 5.74) is 2.25. The number of anilines is 1. The number of carbonyl (C=O) groups excluding carboxylic acids is 2. The van der Waals surface area contributed by atoms with Gasteiger partial charge in [0.2, 0.25) is 0 Å². The summed E-state index contributed by atoms with van der Waals surface area (Å²) in [7, 11) is 3.17. The minimum Gasteiger partial charge on any atom is -0.497 e. The Morgan fingerprint density at radius 3 is 2.42 bits per heavy atom. The lowest BCUT2D eigenvalue weighted by Gasteiger charge is -2.29. The van der Waals surface area contributed by atoms with Gasteiger partial charge in [-0.05, 0) is 81.1 Å². The largest absolute Gasteiger partial charge is 0.497 e. The minimum absolute atomic E-state index is 0.0351. The third-order valence-electron chi connectivity index (χ3n) is 9.88. The molecule has 6 aromatic rings. The Balaban J connectivity index is 1.25. The van der Waals surface area contributed by atoms with Crippen LogP contribution >= 0.6 is 0 Å². The number of aromatic nitrogens is 5. The normalized spacial score (nSPS) is 14.4. The smallest absolute Gasteiger partial charge is 0.350 e. The molecule has 0 saturated carbocycles. The van der Waals surface area contributed by atoms with Gasteiger partial charge in [-0.25, -0.2) is 23.3 Å². The van der Waals surface area contributed by atoms with E-state index in [2.05, 4.69) is 15.6 Å². The molecule has 0 aliphatic carbocycles. The van der Waals surface area contributed by atoms with Crippen molar-refractivity contribution in [3.63, 3.8) is 0 Å². The maximum atomic E-state index is 15.5. The summed E-state index contributed by atoms with van der Waals surface area (Å²) in [5.74, 6) is -0.940. The SMILES string of the molecule is CCOC(=O)C(Cc1ccccc1)(OCc1nn(C2CCCCO2)c2cc(-n3nnc4c(F)cc(NCc5ccc(OC)cc5OC)cc43)ccc12)C(=O)OCC. The van der Waals surface area contributed by atoms with E-state index in [9.17, 15) is 9.59 Å². The average molecular weight is 781 g/mol. The van der Waals surface area contributed by atoms with Crippen molar-refractivity contribution < 1.29 is 42.4 Å². The molecule has 1 unspecified atom stereocenters. The summed E-state index contributed by atoms with van der Waals surface area (Å²) in [4.78, 5) is 27.3. The topological polar surface area (TPSA) is 150 Å². The molecule has 4 aromatic carbocycles. The van der Waals surface area contributed by atoms with Gasteiger partial charge in [0.25, 0.3) is 5.60 Å². The van der Waals surface area contributed by atoms with E-state index in [1.165, 1.54) is 6.07 Å². The highest BCUT2D eigenvalue weighted by atomic mass is 19.1. The first-order valence-corrected chi connectivity index (χ1v) is 18.9. The molecule has 0 radical (unpaired) electrons. The second kappa shape index (κ2) is 17.4. The van der Waals surface area contributed by atoms with Gasteiger partial charge in [0, 0.05) is 42.3 Å². The highest BCUT2D eigenvalue weighted by molar-refractivity contribution is 6.04. The number of nitrogens with one attached hydrogen (secondary N) is 1. The van der Waals surface area contributed by atoms with E-state index in [-0.39, 0.29) is 38.0 Å². The van der Waals surface area contributed by atoms with Crippen LogP contribution < -0.4 is 14.8 Å². The first kappa shape index (κ1) is 39.2. The fraction of sp³-hybridized carbons (Fsp3) is 0.357. The van der Waals surface area contributed by atoms with E-state index >= 15 is 4.39 Å².